The highest BCUT2D eigenvalue weighted by Crippen LogP contribution is 2.46. The zero-order valence-corrected chi connectivity index (χ0v) is 12.0. The Kier molecular flexibility index (Phi) is 3.33. The third kappa shape index (κ3) is 2.25. The van der Waals surface area contributed by atoms with Crippen LogP contribution in [0.25, 0.3) is 0 Å². The molecule has 0 radical (unpaired) electrons. The van der Waals surface area contributed by atoms with Crippen molar-refractivity contribution in [3.63, 3.8) is 0 Å². The van der Waals surface area contributed by atoms with Gasteiger partial charge in [-0.1, -0.05) is 19.8 Å². The zero-order valence-electron chi connectivity index (χ0n) is 12.0. The maximum atomic E-state index is 5.93. The molecule has 0 spiro atoms. The molecular formula is C17H20O3. The van der Waals surface area contributed by atoms with E-state index in [2.05, 4.69) is 19.8 Å². The summed E-state index contributed by atoms with van der Waals surface area (Å²) in [6.07, 6.45) is 6.43. The van der Waals surface area contributed by atoms with Gasteiger partial charge in [0.2, 0.25) is 0 Å². The first-order valence-corrected chi connectivity index (χ1v) is 7.07. The van der Waals surface area contributed by atoms with E-state index in [4.69, 9.17) is 20.6 Å². The van der Waals surface area contributed by atoms with Gasteiger partial charge in [0.05, 0.1) is 19.8 Å². The Hall–Kier alpha value is -1.34. The van der Waals surface area contributed by atoms with Gasteiger partial charge in [-0.15, -0.1) is 6.42 Å². The molecule has 0 atom stereocenters. The lowest BCUT2D eigenvalue weighted by Gasteiger charge is -2.52. The summed E-state index contributed by atoms with van der Waals surface area (Å²) in [6.45, 7) is 6.47. The van der Waals surface area contributed by atoms with Gasteiger partial charge in [0.15, 0.2) is 0 Å². The third-order valence-corrected chi connectivity index (χ3v) is 3.95. The van der Waals surface area contributed by atoms with Crippen LogP contribution in [0.2, 0.25) is 0 Å². The first-order chi connectivity index (χ1) is 9.57. The molecule has 3 fully saturated rings. The largest absolute Gasteiger partial charge is 0.323 e. The van der Waals surface area contributed by atoms with Crippen LogP contribution in [-0.4, -0.2) is 19.8 Å². The van der Waals surface area contributed by atoms with E-state index in [1.165, 1.54) is 0 Å². The summed E-state index contributed by atoms with van der Waals surface area (Å²) in [4.78, 5) is 0. The van der Waals surface area contributed by atoms with Crippen LogP contribution in [0.5, 0.6) is 0 Å². The van der Waals surface area contributed by atoms with Gasteiger partial charge in [0.25, 0.3) is 0 Å². The lowest BCUT2D eigenvalue weighted by atomic mass is 9.80. The van der Waals surface area contributed by atoms with E-state index in [-0.39, 0.29) is 5.41 Å². The summed E-state index contributed by atoms with van der Waals surface area (Å²) in [5, 5.41) is 0. The van der Waals surface area contributed by atoms with E-state index < -0.39 is 5.97 Å². The fourth-order valence-electron chi connectivity index (χ4n) is 3.06. The van der Waals surface area contributed by atoms with Gasteiger partial charge >= 0.3 is 5.97 Å². The second-order valence-corrected chi connectivity index (χ2v) is 6.24. The number of benzene rings is 1. The van der Waals surface area contributed by atoms with Crippen LogP contribution in [0.4, 0.5) is 0 Å². The molecule has 3 heteroatoms. The van der Waals surface area contributed by atoms with Crippen LogP contribution < -0.4 is 0 Å². The molecule has 0 aliphatic carbocycles. The molecule has 3 aliphatic heterocycles. The molecule has 3 nitrogen and oxygen atoms in total. The van der Waals surface area contributed by atoms with E-state index in [1.807, 2.05) is 24.3 Å². The quantitative estimate of drug-likeness (QED) is 0.792. The summed E-state index contributed by atoms with van der Waals surface area (Å²) in [6, 6.07) is 7.58. The molecule has 3 saturated heterocycles. The van der Waals surface area contributed by atoms with Crippen molar-refractivity contribution in [3.05, 3.63) is 35.4 Å². The number of rotatable bonds is 3. The van der Waals surface area contributed by atoms with Crippen molar-refractivity contribution >= 4 is 0 Å². The lowest BCUT2D eigenvalue weighted by molar-refractivity contribution is -0.481. The first kappa shape index (κ1) is 13.6. The minimum atomic E-state index is -1.04. The number of fused-ring (bicyclic) bond motifs is 3. The molecule has 0 amide bonds. The molecule has 0 N–H and O–H groups in total. The molecule has 3 aliphatic rings. The molecule has 0 saturated carbocycles. The lowest BCUT2D eigenvalue weighted by Crippen LogP contribution is -2.58. The number of ether oxygens (including phenoxy) is 3. The van der Waals surface area contributed by atoms with Gasteiger partial charge in [0.1, 0.15) is 0 Å². The minimum Gasteiger partial charge on any atom is -0.323 e. The van der Waals surface area contributed by atoms with Crippen molar-refractivity contribution in [2.75, 3.05) is 19.8 Å². The monoisotopic (exact) mass is 272 g/mol. The molecule has 1 aromatic carbocycles. The Morgan fingerprint density at radius 3 is 2.10 bits per heavy atom. The van der Waals surface area contributed by atoms with Gasteiger partial charge in [0, 0.05) is 16.5 Å². The van der Waals surface area contributed by atoms with Crippen molar-refractivity contribution in [2.45, 2.75) is 26.2 Å². The molecular weight excluding hydrogens is 252 g/mol. The van der Waals surface area contributed by atoms with Crippen LogP contribution in [0.3, 0.4) is 0 Å². The Morgan fingerprint density at radius 1 is 1.10 bits per heavy atom. The standard InChI is InChI=1S/C17H20O3/c1-4-14-5-7-15(8-6-14)17-18-10-16(11-19-17,12-20-17)9-13(2)3/h1,5-8,13H,9-12H2,2-3H3. The van der Waals surface area contributed by atoms with Crippen LogP contribution in [0.15, 0.2) is 24.3 Å². The summed E-state index contributed by atoms with van der Waals surface area (Å²) >= 11 is 0. The van der Waals surface area contributed by atoms with Crippen molar-refractivity contribution in [1.29, 1.82) is 0 Å². The van der Waals surface area contributed by atoms with Crippen LogP contribution in [0.1, 0.15) is 31.4 Å². The van der Waals surface area contributed by atoms with Gasteiger partial charge < -0.3 is 14.2 Å². The SMILES string of the molecule is C#Cc1ccc(C23OCC(CC(C)C)(CO2)CO3)cc1. The van der Waals surface area contributed by atoms with Crippen molar-refractivity contribution in [1.82, 2.24) is 0 Å². The average Bonchev–Trinajstić information content (AvgIpc) is 2.48. The summed E-state index contributed by atoms with van der Waals surface area (Å²) in [7, 11) is 0. The van der Waals surface area contributed by atoms with E-state index in [0.717, 1.165) is 17.5 Å². The first-order valence-electron chi connectivity index (χ1n) is 7.07. The van der Waals surface area contributed by atoms with Crippen LogP contribution >= 0.6 is 0 Å². The average molecular weight is 272 g/mol. The highest BCUT2D eigenvalue weighted by molar-refractivity contribution is 5.35. The van der Waals surface area contributed by atoms with Crippen LogP contribution in [-0.2, 0) is 20.2 Å². The highest BCUT2D eigenvalue weighted by Gasteiger charge is 2.53. The maximum Gasteiger partial charge on any atom is 0.312 e. The molecule has 1 aromatic rings. The van der Waals surface area contributed by atoms with Gasteiger partial charge in [-0.05, 0) is 36.6 Å². The van der Waals surface area contributed by atoms with Gasteiger partial charge in [-0.2, -0.15) is 0 Å². The van der Waals surface area contributed by atoms with E-state index in [9.17, 15) is 0 Å². The van der Waals surface area contributed by atoms with Crippen molar-refractivity contribution < 1.29 is 14.2 Å². The van der Waals surface area contributed by atoms with Crippen molar-refractivity contribution in [3.8, 4) is 12.3 Å². The molecule has 0 aromatic heterocycles. The zero-order chi connectivity index (χ0) is 14.2. The van der Waals surface area contributed by atoms with Crippen LogP contribution in [0, 0.1) is 23.7 Å². The van der Waals surface area contributed by atoms with Gasteiger partial charge in [-0.25, -0.2) is 0 Å². The van der Waals surface area contributed by atoms with E-state index in [1.54, 1.807) is 0 Å². The predicted molar refractivity (Wildman–Crippen MR) is 75.8 cm³/mol. The number of hydrogen-bond acceptors (Lipinski definition) is 3. The van der Waals surface area contributed by atoms with Gasteiger partial charge in [-0.3, -0.25) is 0 Å². The Morgan fingerprint density at radius 2 is 1.65 bits per heavy atom. The van der Waals surface area contributed by atoms with Crippen molar-refractivity contribution in [2.24, 2.45) is 11.3 Å². The highest BCUT2D eigenvalue weighted by atomic mass is 16.9. The second-order valence-electron chi connectivity index (χ2n) is 6.24. The Labute approximate surface area is 120 Å². The molecule has 4 rings (SSSR count). The molecule has 106 valence electrons. The summed E-state index contributed by atoms with van der Waals surface area (Å²) < 4.78 is 17.8. The topological polar surface area (TPSA) is 27.7 Å². The molecule has 0 unspecified atom stereocenters. The summed E-state index contributed by atoms with van der Waals surface area (Å²) in [5.41, 5.74) is 1.72. The summed E-state index contributed by atoms with van der Waals surface area (Å²) in [5.74, 6) is 2.17. The Balaban J connectivity index is 1.79. The smallest absolute Gasteiger partial charge is 0.312 e. The normalized spacial score (nSPS) is 32.3. The fraction of sp³-hybridized carbons (Fsp3) is 0.529. The molecule has 3 heterocycles. The molecule has 2 bridgehead atoms. The second kappa shape index (κ2) is 4.89. The third-order valence-electron chi connectivity index (χ3n) is 3.95. The maximum absolute atomic E-state index is 5.93. The number of hydrogen-bond donors (Lipinski definition) is 0. The Bertz CT molecular complexity index is 500. The fourth-order valence-corrected chi connectivity index (χ4v) is 3.06. The van der Waals surface area contributed by atoms with E-state index in [0.29, 0.717) is 25.7 Å². The molecule has 20 heavy (non-hydrogen) atoms. The predicted octanol–water partition coefficient (Wildman–Crippen LogP) is 2.89. The van der Waals surface area contributed by atoms with E-state index >= 15 is 0 Å². The minimum absolute atomic E-state index is 0.00860. The number of terminal acetylenes is 1.